The average molecular weight is 346 g/mol. The molecule has 0 unspecified atom stereocenters. The summed E-state index contributed by atoms with van der Waals surface area (Å²) in [7, 11) is 8.19. The van der Waals surface area contributed by atoms with Crippen molar-refractivity contribution in [2.75, 3.05) is 35.2 Å². The lowest BCUT2D eigenvalue weighted by atomic mass is 10.5. The second kappa shape index (κ2) is 7.92. The summed E-state index contributed by atoms with van der Waals surface area (Å²) in [6.45, 7) is 19.5. The van der Waals surface area contributed by atoms with E-state index in [0.717, 1.165) is 0 Å². The Hall–Kier alpha value is 0.314. The summed E-state index contributed by atoms with van der Waals surface area (Å²) in [5.74, 6) is 0. The molecule has 22 heavy (non-hydrogen) atoms. The average Bonchev–Trinajstić information content (AvgIpc) is 2.26. The van der Waals surface area contributed by atoms with Crippen molar-refractivity contribution in [2.24, 2.45) is 0 Å². The van der Waals surface area contributed by atoms with Crippen molar-refractivity contribution in [1.82, 2.24) is 13.4 Å². The van der Waals surface area contributed by atoms with Gasteiger partial charge in [0.15, 0.2) is 0 Å². The molecule has 0 atom stereocenters. The largest absolute Gasteiger partial charge is 0.323 e. The van der Waals surface area contributed by atoms with Crippen LogP contribution in [0.2, 0.25) is 22.2 Å². The lowest BCUT2D eigenvalue weighted by molar-refractivity contribution is 0.422. The van der Waals surface area contributed by atoms with Gasteiger partial charge in [-0.05, 0) is 57.4 Å². The first-order valence-electron chi connectivity index (χ1n) is 8.90. The van der Waals surface area contributed by atoms with Gasteiger partial charge in [-0.1, -0.05) is 55.4 Å². The molecule has 0 bridgehead atoms. The highest BCUT2D eigenvalue weighted by Crippen LogP contribution is 2.45. The van der Waals surface area contributed by atoms with Gasteiger partial charge in [-0.2, -0.15) is 0 Å². The fourth-order valence-electron chi connectivity index (χ4n) is 5.84. The third kappa shape index (κ3) is 3.25. The maximum absolute atomic E-state index is 2.95. The predicted molar refractivity (Wildman–Crippen MR) is 107 cm³/mol. The molecule has 0 aliphatic heterocycles. The molecule has 0 fully saturated rings. The smallest absolute Gasteiger partial charge is 0.205 e. The monoisotopic (exact) mass is 345 g/mol. The normalized spacial score (nSPS) is 14.7. The molecule has 0 saturated heterocycles. The third-order valence-corrected chi connectivity index (χ3v) is 19.9. The van der Waals surface area contributed by atoms with Crippen molar-refractivity contribution in [2.45, 2.75) is 77.6 Å². The van der Waals surface area contributed by atoms with Crippen molar-refractivity contribution >= 4 is 16.8 Å². The van der Waals surface area contributed by atoms with Gasteiger partial charge in [0.05, 0.1) is 0 Å². The minimum Gasteiger partial charge on any atom is -0.323 e. The van der Waals surface area contributed by atoms with Gasteiger partial charge in [-0.15, -0.1) is 0 Å². The Morgan fingerprint density at radius 3 is 0.727 bits per heavy atom. The molecule has 0 radical (unpaired) electrons. The first kappa shape index (κ1) is 22.3. The molecule has 0 saturated carbocycles. The van der Waals surface area contributed by atoms with Crippen LogP contribution in [0.25, 0.3) is 0 Å². The Kier molecular flexibility index (Phi) is 8.04. The van der Waals surface area contributed by atoms with Crippen LogP contribution >= 0.6 is 0 Å². The van der Waals surface area contributed by atoms with Crippen LogP contribution in [0.4, 0.5) is 0 Å². The molecule has 0 aliphatic carbocycles. The first-order chi connectivity index (χ1) is 9.81. The zero-order valence-corrected chi connectivity index (χ0v) is 19.7. The van der Waals surface area contributed by atoms with E-state index in [4.69, 9.17) is 0 Å². The third-order valence-electron chi connectivity index (χ3n) is 5.91. The van der Waals surface area contributed by atoms with Gasteiger partial charge in [0, 0.05) is 0 Å². The summed E-state index contributed by atoms with van der Waals surface area (Å²) in [5, 5.41) is 0. The number of nitrogens with zero attached hydrogens (tertiary/aromatic N) is 3. The summed E-state index contributed by atoms with van der Waals surface area (Å²) >= 11 is 0. The molecular weight excluding hydrogens is 302 g/mol. The zero-order chi connectivity index (χ0) is 18.0. The molecule has 0 rings (SSSR count). The summed E-state index contributed by atoms with van der Waals surface area (Å²) in [6, 6.07) is 0. The molecule has 0 aromatic carbocycles. The van der Waals surface area contributed by atoms with Crippen molar-refractivity contribution in [1.29, 1.82) is 0 Å². The van der Waals surface area contributed by atoms with Gasteiger partial charge in [0.1, 0.15) is 0 Å². The Morgan fingerprint density at radius 1 is 0.455 bits per heavy atom. The highest BCUT2D eigenvalue weighted by molar-refractivity contribution is 6.92. The molecule has 0 aromatic rings. The molecule has 3 nitrogen and oxygen atoms in total. The van der Waals surface area contributed by atoms with Crippen LogP contribution in [0, 0.1) is 0 Å². The van der Waals surface area contributed by atoms with Crippen molar-refractivity contribution < 1.29 is 0 Å². The van der Waals surface area contributed by atoms with Crippen molar-refractivity contribution in [3.63, 3.8) is 0 Å². The van der Waals surface area contributed by atoms with E-state index in [0.29, 0.717) is 22.2 Å². The van der Waals surface area contributed by atoms with Gasteiger partial charge in [0.25, 0.3) is 0 Å². The van der Waals surface area contributed by atoms with E-state index < -0.39 is 16.8 Å². The van der Waals surface area contributed by atoms with Gasteiger partial charge in [-0.25, -0.2) is 0 Å². The van der Waals surface area contributed by atoms with E-state index in [2.05, 4.69) is 104 Å². The second-order valence-corrected chi connectivity index (χ2v) is 19.9. The van der Waals surface area contributed by atoms with E-state index in [-0.39, 0.29) is 0 Å². The Balaban J connectivity index is 6.46. The minimum absolute atomic E-state index is 0.705. The Bertz CT molecular complexity index is 263. The number of hydrogen-bond donors (Lipinski definition) is 0. The number of hydrogen-bond acceptors (Lipinski definition) is 3. The summed E-state index contributed by atoms with van der Waals surface area (Å²) in [4.78, 5) is 0. The fourth-order valence-corrected chi connectivity index (χ4v) is 23.5. The molecule has 0 spiro atoms. The number of rotatable bonds is 8. The lowest BCUT2D eigenvalue weighted by Crippen LogP contribution is -2.79. The maximum Gasteiger partial charge on any atom is 0.205 e. The molecule has 0 heterocycles. The van der Waals surface area contributed by atoms with Gasteiger partial charge < -0.3 is 13.4 Å². The summed E-state index contributed by atoms with van der Waals surface area (Å²) in [6.07, 6.45) is 0. The zero-order valence-electron chi connectivity index (χ0n) is 17.7. The van der Waals surface area contributed by atoms with Crippen LogP contribution in [0.15, 0.2) is 0 Å². The standard InChI is InChI=1S/C17H43N3Si2/c1-14(2)21(15(3)4,18(9)10)20(13)22(16(5)6,17(7)8)19(11)12/h14-17H,1-13H3. The fraction of sp³-hybridized carbons (Fsp3) is 1.00. The first-order valence-corrected chi connectivity index (χ1v) is 13.0. The van der Waals surface area contributed by atoms with E-state index >= 15 is 0 Å². The van der Waals surface area contributed by atoms with Crippen molar-refractivity contribution in [3.05, 3.63) is 0 Å². The van der Waals surface area contributed by atoms with Crippen LogP contribution in [-0.4, -0.2) is 65.4 Å². The summed E-state index contributed by atoms with van der Waals surface area (Å²) < 4.78 is 8.17. The Morgan fingerprint density at radius 2 is 0.636 bits per heavy atom. The minimum atomic E-state index is -1.77. The van der Waals surface area contributed by atoms with Crippen LogP contribution in [-0.2, 0) is 0 Å². The highest BCUT2D eigenvalue weighted by atomic mass is 28.4. The quantitative estimate of drug-likeness (QED) is 0.597. The maximum atomic E-state index is 2.95. The molecule has 0 aromatic heterocycles. The van der Waals surface area contributed by atoms with Crippen LogP contribution in [0.3, 0.4) is 0 Å². The molecule has 5 heteroatoms. The van der Waals surface area contributed by atoms with E-state index in [9.17, 15) is 0 Å². The second-order valence-electron chi connectivity index (χ2n) is 8.53. The molecule has 0 N–H and O–H groups in total. The lowest BCUT2D eigenvalue weighted by Gasteiger charge is -2.61. The molecule has 134 valence electrons. The van der Waals surface area contributed by atoms with Crippen LogP contribution < -0.4 is 0 Å². The van der Waals surface area contributed by atoms with E-state index in [1.165, 1.54) is 0 Å². The SMILES string of the molecule is CC(C)[Si](C(C)C)(N(C)C)N(C)[Si](C(C)C)(C(C)C)N(C)C. The molecular formula is C17H43N3Si2. The van der Waals surface area contributed by atoms with Crippen molar-refractivity contribution in [3.8, 4) is 0 Å². The van der Waals surface area contributed by atoms with Crippen LogP contribution in [0.1, 0.15) is 55.4 Å². The van der Waals surface area contributed by atoms with Crippen LogP contribution in [0.5, 0.6) is 0 Å². The van der Waals surface area contributed by atoms with E-state index in [1.807, 2.05) is 0 Å². The topological polar surface area (TPSA) is 9.72 Å². The Labute approximate surface area is 143 Å². The molecule has 0 amide bonds. The van der Waals surface area contributed by atoms with Gasteiger partial charge in [0.2, 0.25) is 16.8 Å². The highest BCUT2D eigenvalue weighted by Gasteiger charge is 2.58. The van der Waals surface area contributed by atoms with Gasteiger partial charge >= 0.3 is 0 Å². The van der Waals surface area contributed by atoms with Gasteiger partial charge in [-0.3, -0.25) is 0 Å². The predicted octanol–water partition coefficient (Wildman–Crippen LogP) is 4.57. The molecule has 0 aliphatic rings. The van der Waals surface area contributed by atoms with E-state index in [1.54, 1.807) is 0 Å². The summed E-state index contributed by atoms with van der Waals surface area (Å²) in [5.41, 5.74) is 2.82.